The van der Waals surface area contributed by atoms with Gasteiger partial charge in [0.25, 0.3) is 0 Å². The molecule has 0 spiro atoms. The van der Waals surface area contributed by atoms with Gasteiger partial charge in [-0.2, -0.15) is 0 Å². The van der Waals surface area contributed by atoms with Crippen molar-refractivity contribution in [3.05, 3.63) is 10.6 Å². The molecule has 0 amide bonds. The first-order valence-electron chi connectivity index (χ1n) is 6.38. The van der Waals surface area contributed by atoms with E-state index < -0.39 is 0 Å². The van der Waals surface area contributed by atoms with Crippen molar-refractivity contribution in [2.45, 2.75) is 46.0 Å². The van der Waals surface area contributed by atoms with Crippen LogP contribution < -0.4 is 0 Å². The van der Waals surface area contributed by atoms with E-state index in [1.807, 2.05) is 0 Å². The minimum atomic E-state index is 0.227. The Hall–Kier alpha value is -0.110. The van der Waals surface area contributed by atoms with Crippen LogP contribution in [0.2, 0.25) is 0 Å². The Kier molecular flexibility index (Phi) is 3.58. The summed E-state index contributed by atoms with van der Waals surface area (Å²) in [5, 5.41) is 0. The topological polar surface area (TPSA) is 17.1 Å². The molecule has 0 aliphatic heterocycles. The first-order chi connectivity index (χ1) is 7.63. The van der Waals surface area contributed by atoms with E-state index in [2.05, 4.69) is 34.8 Å². The first-order valence-corrected chi connectivity index (χ1v) is 7.29. The van der Waals surface area contributed by atoms with E-state index in [-0.39, 0.29) is 5.92 Å². The highest BCUT2D eigenvalue weighted by Gasteiger charge is 2.50. The summed E-state index contributed by atoms with van der Waals surface area (Å²) in [5.74, 6) is 1.54. The van der Waals surface area contributed by atoms with Crippen molar-refractivity contribution in [1.29, 1.82) is 0 Å². The zero-order valence-corrected chi connectivity index (χ0v) is 11.8. The molecule has 0 saturated heterocycles. The number of fused-ring (bicyclic) bond motifs is 1. The molecule has 0 heterocycles. The maximum Gasteiger partial charge on any atom is 0.123 e. The van der Waals surface area contributed by atoms with Crippen LogP contribution in [-0.4, -0.2) is 6.29 Å². The van der Waals surface area contributed by atoms with Crippen molar-refractivity contribution >= 4 is 22.2 Å². The molecule has 2 saturated carbocycles. The summed E-state index contributed by atoms with van der Waals surface area (Å²) in [6.07, 6.45) is 7.48. The van der Waals surface area contributed by atoms with E-state index in [1.54, 1.807) is 5.57 Å². The minimum absolute atomic E-state index is 0.227. The number of allylic oxidation sites excluding steroid dienone is 1. The van der Waals surface area contributed by atoms with Gasteiger partial charge in [0.15, 0.2) is 0 Å². The standard InChI is InChI=1S/C14H21BrO/c1-10(9-16)12-5-6-13-11(8-15)4-3-7-14(12,13)2/h8-10,12-13H,3-7H2,1-2H3/b11-8+/t10?,12?,13?,14-/m1/s1. The van der Waals surface area contributed by atoms with Gasteiger partial charge in [-0.3, -0.25) is 0 Å². The number of carbonyl (C=O) groups excluding carboxylic acids is 1. The van der Waals surface area contributed by atoms with E-state index in [4.69, 9.17) is 0 Å². The van der Waals surface area contributed by atoms with Crippen molar-refractivity contribution in [3.63, 3.8) is 0 Å². The van der Waals surface area contributed by atoms with Gasteiger partial charge < -0.3 is 4.79 Å². The summed E-state index contributed by atoms with van der Waals surface area (Å²) in [5.41, 5.74) is 1.95. The second-order valence-corrected chi connectivity index (χ2v) is 6.23. The van der Waals surface area contributed by atoms with E-state index in [1.165, 1.54) is 32.1 Å². The largest absolute Gasteiger partial charge is 0.303 e. The van der Waals surface area contributed by atoms with Gasteiger partial charge in [0.2, 0.25) is 0 Å². The van der Waals surface area contributed by atoms with Crippen LogP contribution >= 0.6 is 15.9 Å². The fourth-order valence-corrected chi connectivity index (χ4v) is 4.72. The molecule has 0 aromatic carbocycles. The second kappa shape index (κ2) is 4.64. The van der Waals surface area contributed by atoms with Crippen LogP contribution in [0.25, 0.3) is 0 Å². The molecule has 4 atom stereocenters. The molecule has 16 heavy (non-hydrogen) atoms. The Morgan fingerprint density at radius 1 is 1.50 bits per heavy atom. The third-order valence-electron chi connectivity index (χ3n) is 5.03. The van der Waals surface area contributed by atoms with Crippen LogP contribution in [0.3, 0.4) is 0 Å². The van der Waals surface area contributed by atoms with Crippen molar-refractivity contribution in [2.24, 2.45) is 23.2 Å². The van der Waals surface area contributed by atoms with Gasteiger partial charge in [-0.15, -0.1) is 0 Å². The fraction of sp³-hybridized carbons (Fsp3) is 0.786. The molecule has 2 fully saturated rings. The van der Waals surface area contributed by atoms with Gasteiger partial charge in [-0.1, -0.05) is 35.4 Å². The van der Waals surface area contributed by atoms with Gasteiger partial charge in [0.1, 0.15) is 6.29 Å². The molecule has 1 nitrogen and oxygen atoms in total. The van der Waals surface area contributed by atoms with E-state index in [9.17, 15) is 4.79 Å². The lowest BCUT2D eigenvalue weighted by atomic mass is 9.61. The van der Waals surface area contributed by atoms with Crippen LogP contribution in [0, 0.1) is 23.2 Å². The van der Waals surface area contributed by atoms with Crippen LogP contribution in [-0.2, 0) is 4.79 Å². The Morgan fingerprint density at radius 2 is 2.25 bits per heavy atom. The van der Waals surface area contributed by atoms with Gasteiger partial charge >= 0.3 is 0 Å². The number of halogens is 1. The quantitative estimate of drug-likeness (QED) is 0.691. The van der Waals surface area contributed by atoms with Gasteiger partial charge in [-0.05, 0) is 54.3 Å². The molecule has 0 aromatic heterocycles. The molecule has 0 radical (unpaired) electrons. The van der Waals surface area contributed by atoms with E-state index >= 15 is 0 Å². The smallest absolute Gasteiger partial charge is 0.123 e. The normalized spacial score (nSPS) is 43.1. The molecular formula is C14H21BrO. The zero-order valence-electron chi connectivity index (χ0n) is 10.2. The predicted molar refractivity (Wildman–Crippen MR) is 70.4 cm³/mol. The maximum atomic E-state index is 11.0. The Bertz CT molecular complexity index is 310. The summed E-state index contributed by atoms with van der Waals surface area (Å²) in [4.78, 5) is 13.2. The number of carbonyl (C=O) groups is 1. The Labute approximate surface area is 107 Å². The Morgan fingerprint density at radius 3 is 2.88 bits per heavy atom. The molecule has 0 aromatic rings. The SMILES string of the molecule is CC(C=O)C1CCC2/C(=C/Br)CCC[C@@]21C. The molecule has 0 N–H and O–H groups in total. The molecule has 2 rings (SSSR count). The van der Waals surface area contributed by atoms with Gasteiger partial charge in [0, 0.05) is 5.92 Å². The monoisotopic (exact) mass is 284 g/mol. The van der Waals surface area contributed by atoms with Crippen molar-refractivity contribution in [2.75, 3.05) is 0 Å². The first kappa shape index (κ1) is 12.3. The van der Waals surface area contributed by atoms with E-state index in [0.29, 0.717) is 17.3 Å². The van der Waals surface area contributed by atoms with Gasteiger partial charge in [0.05, 0.1) is 0 Å². The number of aldehydes is 1. The number of rotatable bonds is 2. The van der Waals surface area contributed by atoms with Crippen molar-refractivity contribution in [3.8, 4) is 0 Å². The average Bonchev–Trinajstić information content (AvgIpc) is 2.64. The molecule has 3 unspecified atom stereocenters. The van der Waals surface area contributed by atoms with Crippen LogP contribution in [0.5, 0.6) is 0 Å². The van der Waals surface area contributed by atoms with Crippen LogP contribution in [0.1, 0.15) is 46.0 Å². The van der Waals surface area contributed by atoms with E-state index in [0.717, 1.165) is 6.29 Å². The molecule has 0 bridgehead atoms. The maximum absolute atomic E-state index is 11.0. The highest BCUT2D eigenvalue weighted by molar-refractivity contribution is 9.11. The van der Waals surface area contributed by atoms with Crippen LogP contribution in [0.15, 0.2) is 10.6 Å². The summed E-state index contributed by atoms with van der Waals surface area (Å²) < 4.78 is 0. The third-order valence-corrected chi connectivity index (χ3v) is 5.62. The molecule has 90 valence electrons. The third kappa shape index (κ3) is 1.79. The summed E-state index contributed by atoms with van der Waals surface area (Å²) in [6, 6.07) is 0. The zero-order chi connectivity index (χ0) is 11.8. The van der Waals surface area contributed by atoms with Gasteiger partial charge in [-0.25, -0.2) is 0 Å². The van der Waals surface area contributed by atoms with Crippen molar-refractivity contribution < 1.29 is 4.79 Å². The molecular weight excluding hydrogens is 264 g/mol. The molecule has 2 aliphatic carbocycles. The lowest BCUT2D eigenvalue weighted by Crippen LogP contribution is -2.36. The lowest BCUT2D eigenvalue weighted by Gasteiger charge is -2.43. The number of hydrogen-bond acceptors (Lipinski definition) is 1. The number of hydrogen-bond donors (Lipinski definition) is 0. The summed E-state index contributed by atoms with van der Waals surface area (Å²) >= 11 is 3.51. The van der Waals surface area contributed by atoms with Crippen molar-refractivity contribution in [1.82, 2.24) is 0 Å². The highest BCUT2D eigenvalue weighted by Crippen LogP contribution is 2.59. The predicted octanol–water partition coefficient (Wildman–Crippen LogP) is 4.32. The molecule has 2 heteroatoms. The molecule has 2 aliphatic rings. The van der Waals surface area contributed by atoms with Crippen LogP contribution in [0.4, 0.5) is 0 Å². The lowest BCUT2D eigenvalue weighted by molar-refractivity contribution is -0.113. The fourth-order valence-electron chi connectivity index (χ4n) is 4.17. The second-order valence-electron chi connectivity index (χ2n) is 5.78. The summed E-state index contributed by atoms with van der Waals surface area (Å²) in [7, 11) is 0. The Balaban J connectivity index is 2.27. The highest BCUT2D eigenvalue weighted by atomic mass is 79.9. The average molecular weight is 285 g/mol. The minimum Gasteiger partial charge on any atom is -0.303 e. The summed E-state index contributed by atoms with van der Waals surface area (Å²) in [6.45, 7) is 4.50.